The van der Waals surface area contributed by atoms with Crippen molar-refractivity contribution in [2.75, 3.05) is 6.54 Å². The molecule has 0 saturated heterocycles. The predicted octanol–water partition coefficient (Wildman–Crippen LogP) is 3.14. The number of esters is 1. The van der Waals surface area contributed by atoms with E-state index in [0.29, 0.717) is 5.02 Å². The van der Waals surface area contributed by atoms with E-state index in [1.165, 1.54) is 0 Å². The number of aryl methyl sites for hydroxylation is 1. The fourth-order valence-electron chi connectivity index (χ4n) is 2.61. The van der Waals surface area contributed by atoms with Gasteiger partial charge >= 0.3 is 5.97 Å². The number of carbonyl (C=O) groups excluding carboxylic acids is 2. The maximum Gasteiger partial charge on any atom is 0.307 e. The number of benzene rings is 1. The molecule has 1 heterocycles. The number of nitrogens with zero attached hydrogens (tertiary/aromatic N) is 2. The van der Waals surface area contributed by atoms with Gasteiger partial charge in [0, 0.05) is 22.8 Å². The Morgan fingerprint density at radius 1 is 1.23 bits per heavy atom. The molecule has 26 heavy (non-hydrogen) atoms. The Morgan fingerprint density at radius 3 is 2.50 bits per heavy atom. The van der Waals surface area contributed by atoms with Crippen LogP contribution in [0.1, 0.15) is 37.2 Å². The van der Waals surface area contributed by atoms with Crippen molar-refractivity contribution >= 4 is 23.5 Å². The third-order valence-corrected chi connectivity index (χ3v) is 4.12. The zero-order valence-electron chi connectivity index (χ0n) is 15.5. The summed E-state index contributed by atoms with van der Waals surface area (Å²) < 4.78 is 6.84. The van der Waals surface area contributed by atoms with Crippen LogP contribution < -0.4 is 5.32 Å². The first kappa shape index (κ1) is 20.0. The number of halogens is 1. The van der Waals surface area contributed by atoms with Gasteiger partial charge in [-0.3, -0.25) is 9.59 Å². The van der Waals surface area contributed by atoms with Crippen molar-refractivity contribution in [3.05, 3.63) is 46.2 Å². The Balaban J connectivity index is 1.98. The average Bonchev–Trinajstić information content (AvgIpc) is 2.83. The van der Waals surface area contributed by atoms with Crippen LogP contribution in [0, 0.1) is 13.8 Å². The van der Waals surface area contributed by atoms with E-state index in [9.17, 15) is 9.59 Å². The number of ether oxygens (including phenoxy) is 1. The highest BCUT2D eigenvalue weighted by atomic mass is 35.5. The van der Waals surface area contributed by atoms with Gasteiger partial charge in [-0.1, -0.05) is 11.6 Å². The fraction of sp³-hybridized carbons (Fsp3) is 0.421. The predicted molar refractivity (Wildman–Crippen MR) is 101 cm³/mol. The molecule has 0 aliphatic rings. The molecule has 6 nitrogen and oxygen atoms in total. The number of amides is 1. The monoisotopic (exact) mass is 377 g/mol. The van der Waals surface area contributed by atoms with Gasteiger partial charge in [-0.25, -0.2) is 4.68 Å². The third-order valence-electron chi connectivity index (χ3n) is 3.87. The Labute approximate surface area is 158 Å². The molecule has 2 aromatic rings. The summed E-state index contributed by atoms with van der Waals surface area (Å²) in [6.07, 6.45) is 0.221. The van der Waals surface area contributed by atoms with Crippen molar-refractivity contribution < 1.29 is 14.3 Å². The second-order valence-electron chi connectivity index (χ2n) is 6.35. The fourth-order valence-corrected chi connectivity index (χ4v) is 2.74. The Kier molecular flexibility index (Phi) is 6.80. The lowest BCUT2D eigenvalue weighted by Crippen LogP contribution is -2.28. The van der Waals surface area contributed by atoms with Crippen LogP contribution in [0.4, 0.5) is 0 Å². The molecule has 0 aliphatic carbocycles. The van der Waals surface area contributed by atoms with Crippen LogP contribution in [-0.4, -0.2) is 34.3 Å². The Morgan fingerprint density at radius 2 is 1.88 bits per heavy atom. The van der Waals surface area contributed by atoms with Gasteiger partial charge in [0.2, 0.25) is 5.91 Å². The molecule has 0 bridgehead atoms. The molecule has 0 aliphatic heterocycles. The normalized spacial score (nSPS) is 10.8. The summed E-state index contributed by atoms with van der Waals surface area (Å²) in [6.45, 7) is 7.65. The number of hydrogen-bond donors (Lipinski definition) is 1. The molecular formula is C19H24ClN3O3. The van der Waals surface area contributed by atoms with Gasteiger partial charge in [-0.2, -0.15) is 5.10 Å². The van der Waals surface area contributed by atoms with Gasteiger partial charge in [-0.15, -0.1) is 0 Å². The first-order chi connectivity index (χ1) is 12.3. The van der Waals surface area contributed by atoms with E-state index in [4.69, 9.17) is 16.3 Å². The van der Waals surface area contributed by atoms with Crippen molar-refractivity contribution in [3.63, 3.8) is 0 Å². The summed E-state index contributed by atoms with van der Waals surface area (Å²) in [5, 5.41) is 7.93. The van der Waals surface area contributed by atoms with Crippen molar-refractivity contribution in [1.82, 2.24) is 15.1 Å². The lowest BCUT2D eigenvalue weighted by molar-refractivity contribution is -0.147. The zero-order chi connectivity index (χ0) is 19.3. The summed E-state index contributed by atoms with van der Waals surface area (Å²) in [4.78, 5) is 23.7. The number of aromatic nitrogens is 2. The number of nitrogens with one attached hydrogen (secondary N) is 1. The van der Waals surface area contributed by atoms with E-state index in [-0.39, 0.29) is 37.4 Å². The van der Waals surface area contributed by atoms with Gasteiger partial charge in [0.1, 0.15) is 0 Å². The smallest absolute Gasteiger partial charge is 0.307 e. The first-order valence-corrected chi connectivity index (χ1v) is 8.93. The van der Waals surface area contributed by atoms with Gasteiger partial charge in [0.05, 0.1) is 30.3 Å². The van der Waals surface area contributed by atoms with E-state index in [1.54, 1.807) is 30.7 Å². The molecule has 0 spiro atoms. The summed E-state index contributed by atoms with van der Waals surface area (Å²) in [6, 6.07) is 7.36. The third kappa shape index (κ3) is 5.33. The minimum atomic E-state index is -0.316. The number of hydrogen-bond acceptors (Lipinski definition) is 4. The highest BCUT2D eigenvalue weighted by Gasteiger charge is 2.16. The Bertz CT molecular complexity index is 782. The van der Waals surface area contributed by atoms with E-state index < -0.39 is 0 Å². The van der Waals surface area contributed by atoms with E-state index >= 15 is 0 Å². The summed E-state index contributed by atoms with van der Waals surface area (Å²) in [5.74, 6) is -0.465. The van der Waals surface area contributed by atoms with Crippen molar-refractivity contribution in [2.24, 2.45) is 0 Å². The lowest BCUT2D eigenvalue weighted by atomic mass is 10.1. The molecule has 0 saturated carbocycles. The highest BCUT2D eigenvalue weighted by Crippen LogP contribution is 2.20. The molecular weight excluding hydrogens is 354 g/mol. The van der Waals surface area contributed by atoms with Gasteiger partial charge in [0.15, 0.2) is 0 Å². The summed E-state index contributed by atoms with van der Waals surface area (Å²) in [5.41, 5.74) is 3.46. The van der Waals surface area contributed by atoms with Crippen LogP contribution >= 0.6 is 11.6 Å². The van der Waals surface area contributed by atoms with Crippen LogP contribution in [-0.2, 0) is 20.7 Å². The molecule has 1 aromatic heterocycles. The molecule has 0 unspecified atom stereocenters. The minimum absolute atomic E-state index is 0.149. The van der Waals surface area contributed by atoms with Crippen LogP contribution in [0.15, 0.2) is 24.3 Å². The standard InChI is InChI=1S/C19H24ClN3O3/c1-12(2)26-19(25)9-10-21-18(24)11-17-13(3)22-23(14(17)4)16-7-5-15(20)6-8-16/h5-8,12H,9-11H2,1-4H3,(H,21,24). The minimum Gasteiger partial charge on any atom is -0.463 e. The van der Waals surface area contributed by atoms with Crippen LogP contribution in [0.5, 0.6) is 0 Å². The van der Waals surface area contributed by atoms with Crippen molar-refractivity contribution in [2.45, 2.75) is 46.6 Å². The molecule has 1 N–H and O–H groups in total. The number of carbonyl (C=O) groups is 2. The molecule has 2 rings (SSSR count). The van der Waals surface area contributed by atoms with Gasteiger partial charge in [-0.05, 0) is 52.0 Å². The molecule has 7 heteroatoms. The van der Waals surface area contributed by atoms with Crippen LogP contribution in [0.3, 0.4) is 0 Å². The molecule has 140 valence electrons. The van der Waals surface area contributed by atoms with Crippen molar-refractivity contribution in [1.29, 1.82) is 0 Å². The quantitative estimate of drug-likeness (QED) is 0.752. The second-order valence-corrected chi connectivity index (χ2v) is 6.79. The first-order valence-electron chi connectivity index (χ1n) is 8.55. The van der Waals surface area contributed by atoms with Crippen molar-refractivity contribution in [3.8, 4) is 5.69 Å². The largest absolute Gasteiger partial charge is 0.463 e. The van der Waals surface area contributed by atoms with Gasteiger partial charge < -0.3 is 10.1 Å². The molecule has 0 fully saturated rings. The maximum absolute atomic E-state index is 12.2. The average molecular weight is 378 g/mol. The highest BCUT2D eigenvalue weighted by molar-refractivity contribution is 6.30. The zero-order valence-corrected chi connectivity index (χ0v) is 16.3. The van der Waals surface area contributed by atoms with E-state index in [1.807, 2.05) is 26.0 Å². The van der Waals surface area contributed by atoms with E-state index in [2.05, 4.69) is 10.4 Å². The Hall–Kier alpha value is -2.34. The number of rotatable bonds is 7. The van der Waals surface area contributed by atoms with E-state index in [0.717, 1.165) is 22.6 Å². The summed E-state index contributed by atoms with van der Waals surface area (Å²) in [7, 11) is 0. The molecule has 0 atom stereocenters. The molecule has 0 radical (unpaired) electrons. The molecule has 1 amide bonds. The lowest BCUT2D eigenvalue weighted by Gasteiger charge is -2.09. The maximum atomic E-state index is 12.2. The van der Waals surface area contributed by atoms with Crippen LogP contribution in [0.25, 0.3) is 5.69 Å². The molecule has 1 aromatic carbocycles. The van der Waals surface area contributed by atoms with Gasteiger partial charge in [0.25, 0.3) is 0 Å². The summed E-state index contributed by atoms with van der Waals surface area (Å²) >= 11 is 5.93. The second kappa shape index (κ2) is 8.85. The topological polar surface area (TPSA) is 73.2 Å². The van der Waals surface area contributed by atoms with Crippen LogP contribution in [0.2, 0.25) is 5.02 Å². The SMILES string of the molecule is Cc1nn(-c2ccc(Cl)cc2)c(C)c1CC(=O)NCCC(=O)OC(C)C.